The fourth-order valence-electron chi connectivity index (χ4n) is 3.06. The molecule has 1 saturated heterocycles. The van der Waals surface area contributed by atoms with Crippen LogP contribution in [0, 0.1) is 12.7 Å². The van der Waals surface area contributed by atoms with Crippen molar-refractivity contribution in [2.24, 2.45) is 0 Å². The van der Waals surface area contributed by atoms with Gasteiger partial charge in [0, 0.05) is 30.2 Å². The first-order valence-electron chi connectivity index (χ1n) is 8.34. The summed E-state index contributed by atoms with van der Waals surface area (Å²) in [7, 11) is -2.55. The maximum atomic E-state index is 14.6. The van der Waals surface area contributed by atoms with Crippen LogP contribution in [0.15, 0.2) is 24.4 Å². The van der Waals surface area contributed by atoms with Gasteiger partial charge in [-0.1, -0.05) is 23.2 Å². The number of aromatic nitrogens is 3. The molecule has 1 aliphatic rings. The quantitative estimate of drug-likeness (QED) is 0.566. The molecule has 140 valence electrons. The Hall–Kier alpha value is -1.59. The molecule has 0 spiro atoms. The van der Waals surface area contributed by atoms with E-state index in [2.05, 4.69) is 15.0 Å². The second-order valence-electron chi connectivity index (χ2n) is 6.37. The molecule has 0 unspecified atom stereocenters. The van der Waals surface area contributed by atoms with Gasteiger partial charge in [-0.25, -0.2) is 14.4 Å². The summed E-state index contributed by atoms with van der Waals surface area (Å²) in [6.07, 6.45) is 2.43. The van der Waals surface area contributed by atoms with Crippen LogP contribution >= 0.6 is 30.3 Å². The minimum Gasteiger partial charge on any atom is -0.380 e. The van der Waals surface area contributed by atoms with E-state index in [0.717, 1.165) is 0 Å². The third-order valence-electron chi connectivity index (χ3n) is 4.59. The lowest BCUT2D eigenvalue weighted by Gasteiger charge is -2.22. The Morgan fingerprint density at radius 1 is 1.15 bits per heavy atom. The van der Waals surface area contributed by atoms with Gasteiger partial charge < -0.3 is 9.30 Å². The molecule has 0 aromatic carbocycles. The molecule has 3 aromatic rings. The van der Waals surface area contributed by atoms with Crippen molar-refractivity contribution in [3.05, 3.63) is 46.0 Å². The van der Waals surface area contributed by atoms with Crippen molar-refractivity contribution in [2.45, 2.75) is 6.92 Å². The summed E-state index contributed by atoms with van der Waals surface area (Å²) >= 11 is 12.4. The number of ether oxygens (including phenoxy) is 1. The summed E-state index contributed by atoms with van der Waals surface area (Å²) in [6, 6.07) is 4.63. The number of nitrogens with zero attached hydrogens (tertiary/aromatic N) is 3. The number of rotatable bonds is 2. The predicted molar refractivity (Wildman–Crippen MR) is 105 cm³/mol. The first-order valence-corrected chi connectivity index (χ1v) is 11.2. The largest absolute Gasteiger partial charge is 0.380 e. The number of fused-ring (bicyclic) bond motifs is 1. The second-order valence-corrected chi connectivity index (χ2v) is 10.3. The molecule has 3 aromatic heterocycles. The molecule has 0 atom stereocenters. The fraction of sp³-hybridized carbons (Fsp3) is 0.278. The molecule has 0 radical (unpaired) electrons. The molecular weight excluding hydrogens is 411 g/mol. The average Bonchev–Trinajstić information content (AvgIpc) is 2.67. The smallest absolute Gasteiger partial charge is 0.151 e. The standard InChI is InChI=1S/C18H15Cl2FN3O2P/c1-10-15(19)16(20)18-13(23-10)8-12(21)17(24-18)11-2-3-14(22-9-11)27(25)6-4-26-5-7-27/h2-3,8-9H,4-7H2,1H3. The Balaban J connectivity index is 1.78. The van der Waals surface area contributed by atoms with Crippen LogP contribution in [0.3, 0.4) is 0 Å². The van der Waals surface area contributed by atoms with Crippen LogP contribution in [-0.2, 0) is 9.30 Å². The molecule has 27 heavy (non-hydrogen) atoms. The van der Waals surface area contributed by atoms with Gasteiger partial charge in [0.1, 0.15) is 23.8 Å². The van der Waals surface area contributed by atoms with Gasteiger partial charge in [0.2, 0.25) is 0 Å². The molecule has 0 saturated carbocycles. The van der Waals surface area contributed by atoms with E-state index in [9.17, 15) is 8.96 Å². The van der Waals surface area contributed by atoms with E-state index in [1.54, 1.807) is 19.1 Å². The monoisotopic (exact) mass is 425 g/mol. The lowest BCUT2D eigenvalue weighted by Crippen LogP contribution is -2.23. The Kier molecular flexibility index (Phi) is 4.93. The zero-order valence-corrected chi connectivity index (χ0v) is 16.8. The SMILES string of the molecule is Cc1nc2cc(F)c(-c3ccc(P4(=O)CCOCC4)nc3)nc2c(Cl)c1Cl. The number of hydrogen-bond acceptors (Lipinski definition) is 5. The molecule has 0 aliphatic carbocycles. The van der Waals surface area contributed by atoms with Crippen molar-refractivity contribution in [1.29, 1.82) is 0 Å². The molecule has 1 fully saturated rings. The van der Waals surface area contributed by atoms with Crippen molar-refractivity contribution in [2.75, 3.05) is 25.5 Å². The topological polar surface area (TPSA) is 65.0 Å². The van der Waals surface area contributed by atoms with E-state index in [1.807, 2.05) is 0 Å². The van der Waals surface area contributed by atoms with E-state index in [1.165, 1.54) is 12.3 Å². The third-order valence-corrected chi connectivity index (χ3v) is 8.43. The summed E-state index contributed by atoms with van der Waals surface area (Å²) in [5.41, 5.74) is 2.26. The molecule has 0 N–H and O–H groups in total. The highest BCUT2D eigenvalue weighted by Gasteiger charge is 2.29. The van der Waals surface area contributed by atoms with Crippen LogP contribution in [-0.4, -0.2) is 40.5 Å². The van der Waals surface area contributed by atoms with Gasteiger partial charge in [-0.2, -0.15) is 0 Å². The van der Waals surface area contributed by atoms with Crippen molar-refractivity contribution in [1.82, 2.24) is 15.0 Å². The third kappa shape index (κ3) is 3.36. The maximum Gasteiger partial charge on any atom is 0.151 e. The molecule has 5 nitrogen and oxygen atoms in total. The Bertz CT molecular complexity index is 1080. The second kappa shape index (κ2) is 7.10. The highest BCUT2D eigenvalue weighted by Crippen LogP contribution is 2.45. The zero-order chi connectivity index (χ0) is 19.2. The van der Waals surface area contributed by atoms with Crippen LogP contribution in [0.1, 0.15) is 5.69 Å². The van der Waals surface area contributed by atoms with Crippen LogP contribution < -0.4 is 5.44 Å². The van der Waals surface area contributed by atoms with Crippen molar-refractivity contribution in [3.63, 3.8) is 0 Å². The van der Waals surface area contributed by atoms with Gasteiger partial charge in [-0.05, 0) is 19.1 Å². The van der Waals surface area contributed by atoms with E-state index < -0.39 is 13.0 Å². The Morgan fingerprint density at radius 3 is 2.56 bits per heavy atom. The van der Waals surface area contributed by atoms with E-state index >= 15 is 0 Å². The molecule has 0 bridgehead atoms. The van der Waals surface area contributed by atoms with Gasteiger partial charge in [0.15, 0.2) is 5.82 Å². The van der Waals surface area contributed by atoms with E-state index in [0.29, 0.717) is 58.3 Å². The Labute approximate surface area is 165 Å². The lowest BCUT2D eigenvalue weighted by atomic mass is 10.1. The number of aryl methyl sites for hydroxylation is 1. The van der Waals surface area contributed by atoms with Crippen molar-refractivity contribution in [3.8, 4) is 11.3 Å². The van der Waals surface area contributed by atoms with Crippen LogP contribution in [0.2, 0.25) is 10.0 Å². The molecule has 0 amide bonds. The number of pyridine rings is 3. The highest BCUT2D eigenvalue weighted by atomic mass is 35.5. The van der Waals surface area contributed by atoms with Crippen LogP contribution in [0.5, 0.6) is 0 Å². The maximum absolute atomic E-state index is 14.6. The van der Waals surface area contributed by atoms with Crippen LogP contribution in [0.25, 0.3) is 22.3 Å². The van der Waals surface area contributed by atoms with Gasteiger partial charge in [-0.3, -0.25) is 4.98 Å². The first-order chi connectivity index (χ1) is 12.9. The molecular formula is C18H15Cl2FN3O2P. The molecule has 4 heterocycles. The first kappa shape index (κ1) is 18.8. The summed E-state index contributed by atoms with van der Waals surface area (Å²) in [6.45, 7) is 2.63. The highest BCUT2D eigenvalue weighted by molar-refractivity contribution is 7.71. The predicted octanol–water partition coefficient (Wildman–Crippen LogP) is 4.46. The fourth-order valence-corrected chi connectivity index (χ4v) is 5.61. The summed E-state index contributed by atoms with van der Waals surface area (Å²) in [5, 5.41) is 0.525. The average molecular weight is 426 g/mol. The summed E-state index contributed by atoms with van der Waals surface area (Å²) < 4.78 is 32.9. The molecule has 1 aliphatic heterocycles. The lowest BCUT2D eigenvalue weighted by molar-refractivity contribution is 0.156. The summed E-state index contributed by atoms with van der Waals surface area (Å²) in [5.74, 6) is -0.542. The van der Waals surface area contributed by atoms with E-state index in [-0.39, 0.29) is 10.7 Å². The van der Waals surface area contributed by atoms with Gasteiger partial charge in [0.05, 0.1) is 34.5 Å². The van der Waals surface area contributed by atoms with Gasteiger partial charge >= 0.3 is 0 Å². The van der Waals surface area contributed by atoms with E-state index in [4.69, 9.17) is 27.9 Å². The minimum atomic E-state index is -2.55. The molecule has 9 heteroatoms. The van der Waals surface area contributed by atoms with Crippen molar-refractivity contribution < 1.29 is 13.7 Å². The molecule has 4 rings (SSSR count). The van der Waals surface area contributed by atoms with Crippen LogP contribution in [0.4, 0.5) is 4.39 Å². The zero-order valence-electron chi connectivity index (χ0n) is 14.4. The van der Waals surface area contributed by atoms with Crippen molar-refractivity contribution >= 4 is 46.8 Å². The number of halogens is 3. The number of hydrogen-bond donors (Lipinski definition) is 0. The minimum absolute atomic E-state index is 0.0930. The van der Waals surface area contributed by atoms with Gasteiger partial charge in [0.25, 0.3) is 0 Å². The normalized spacial score (nSPS) is 16.6. The Morgan fingerprint density at radius 2 is 1.89 bits per heavy atom. The van der Waals surface area contributed by atoms with Gasteiger partial charge in [-0.15, -0.1) is 0 Å². The summed E-state index contributed by atoms with van der Waals surface area (Å²) in [4.78, 5) is 12.9.